The standard InChI is InChI=1S/C13H16ClN3O2/c1-18-8-2-3-11(15)13-16-12(17-19-13)9-4-6-10(14)7-5-9/h4-7,11H,2-3,8,15H2,1H3. The molecule has 19 heavy (non-hydrogen) atoms. The number of hydrogen-bond acceptors (Lipinski definition) is 5. The maximum absolute atomic E-state index is 5.98. The van der Waals surface area contributed by atoms with Gasteiger partial charge in [0, 0.05) is 24.3 Å². The summed E-state index contributed by atoms with van der Waals surface area (Å²) < 4.78 is 10.2. The summed E-state index contributed by atoms with van der Waals surface area (Å²) >= 11 is 5.83. The van der Waals surface area contributed by atoms with Crippen LogP contribution in [0.4, 0.5) is 0 Å². The van der Waals surface area contributed by atoms with Crippen molar-refractivity contribution in [1.82, 2.24) is 10.1 Å². The third-order valence-electron chi connectivity index (χ3n) is 2.72. The number of nitrogens with two attached hydrogens (primary N) is 1. The molecule has 0 spiro atoms. The van der Waals surface area contributed by atoms with E-state index in [1.807, 2.05) is 12.1 Å². The zero-order valence-corrected chi connectivity index (χ0v) is 11.4. The molecule has 5 nitrogen and oxygen atoms in total. The van der Waals surface area contributed by atoms with Crippen LogP contribution in [-0.2, 0) is 4.74 Å². The maximum Gasteiger partial charge on any atom is 0.243 e. The molecule has 1 heterocycles. The molecular weight excluding hydrogens is 266 g/mol. The van der Waals surface area contributed by atoms with E-state index >= 15 is 0 Å². The molecule has 1 unspecified atom stereocenters. The highest BCUT2D eigenvalue weighted by Gasteiger charge is 2.15. The number of nitrogens with zero attached hydrogens (tertiary/aromatic N) is 2. The second-order valence-electron chi connectivity index (χ2n) is 4.20. The van der Waals surface area contributed by atoms with Gasteiger partial charge >= 0.3 is 0 Å². The predicted octanol–water partition coefficient (Wildman–Crippen LogP) is 2.82. The molecule has 1 aromatic carbocycles. The highest BCUT2D eigenvalue weighted by molar-refractivity contribution is 6.30. The molecule has 102 valence electrons. The lowest BCUT2D eigenvalue weighted by Gasteiger charge is -2.04. The zero-order chi connectivity index (χ0) is 13.7. The van der Waals surface area contributed by atoms with E-state index in [2.05, 4.69) is 10.1 Å². The van der Waals surface area contributed by atoms with Gasteiger partial charge in [-0.15, -0.1) is 0 Å². The minimum atomic E-state index is -0.260. The molecule has 2 N–H and O–H groups in total. The van der Waals surface area contributed by atoms with E-state index in [0.29, 0.717) is 23.3 Å². The van der Waals surface area contributed by atoms with Gasteiger partial charge in [-0.05, 0) is 37.1 Å². The molecule has 0 aliphatic rings. The van der Waals surface area contributed by atoms with Crippen molar-refractivity contribution in [3.63, 3.8) is 0 Å². The molecule has 0 fully saturated rings. The normalized spacial score (nSPS) is 12.6. The average molecular weight is 282 g/mol. The lowest BCUT2D eigenvalue weighted by Crippen LogP contribution is -2.11. The minimum absolute atomic E-state index is 0.260. The Labute approximate surface area is 116 Å². The Kier molecular flexibility index (Phi) is 4.90. The topological polar surface area (TPSA) is 74.2 Å². The smallest absolute Gasteiger partial charge is 0.243 e. The van der Waals surface area contributed by atoms with E-state index in [9.17, 15) is 0 Å². The van der Waals surface area contributed by atoms with E-state index in [1.54, 1.807) is 19.2 Å². The third kappa shape index (κ3) is 3.76. The predicted molar refractivity (Wildman–Crippen MR) is 72.8 cm³/mol. The lowest BCUT2D eigenvalue weighted by molar-refractivity contribution is 0.188. The molecule has 2 aromatic rings. The number of rotatable bonds is 6. The summed E-state index contributed by atoms with van der Waals surface area (Å²) in [5, 5.41) is 4.60. The van der Waals surface area contributed by atoms with Crippen molar-refractivity contribution < 1.29 is 9.26 Å². The van der Waals surface area contributed by atoms with Crippen LogP contribution in [0, 0.1) is 0 Å². The fraction of sp³-hybridized carbons (Fsp3) is 0.385. The first-order chi connectivity index (χ1) is 9.20. The third-order valence-corrected chi connectivity index (χ3v) is 2.98. The van der Waals surface area contributed by atoms with Crippen molar-refractivity contribution in [2.45, 2.75) is 18.9 Å². The van der Waals surface area contributed by atoms with Crippen LogP contribution in [0.3, 0.4) is 0 Å². The lowest BCUT2D eigenvalue weighted by atomic mass is 10.2. The Bertz CT molecular complexity index is 513. The molecule has 0 saturated heterocycles. The Hall–Kier alpha value is -1.43. The van der Waals surface area contributed by atoms with E-state index < -0.39 is 0 Å². The first-order valence-electron chi connectivity index (χ1n) is 6.05. The van der Waals surface area contributed by atoms with Crippen molar-refractivity contribution in [1.29, 1.82) is 0 Å². The minimum Gasteiger partial charge on any atom is -0.385 e. The summed E-state index contributed by atoms with van der Waals surface area (Å²) in [6, 6.07) is 6.99. The largest absolute Gasteiger partial charge is 0.385 e. The van der Waals surface area contributed by atoms with Crippen LogP contribution >= 0.6 is 11.6 Å². The molecule has 1 aromatic heterocycles. The second-order valence-corrected chi connectivity index (χ2v) is 4.64. The Morgan fingerprint density at radius 1 is 1.37 bits per heavy atom. The molecule has 0 aliphatic heterocycles. The summed E-state index contributed by atoms with van der Waals surface area (Å²) in [5.74, 6) is 0.968. The molecular formula is C13H16ClN3O2. The van der Waals surface area contributed by atoms with Gasteiger partial charge < -0.3 is 15.0 Å². The van der Waals surface area contributed by atoms with Gasteiger partial charge in [0.2, 0.25) is 11.7 Å². The Morgan fingerprint density at radius 3 is 2.79 bits per heavy atom. The van der Waals surface area contributed by atoms with Crippen LogP contribution in [0.5, 0.6) is 0 Å². The number of methoxy groups -OCH3 is 1. The van der Waals surface area contributed by atoms with Crippen LogP contribution in [-0.4, -0.2) is 23.9 Å². The fourth-order valence-electron chi connectivity index (χ4n) is 1.67. The summed E-state index contributed by atoms with van der Waals surface area (Å²) in [6.07, 6.45) is 1.60. The van der Waals surface area contributed by atoms with Gasteiger partial charge in [-0.2, -0.15) is 4.98 Å². The van der Waals surface area contributed by atoms with Gasteiger partial charge in [-0.1, -0.05) is 16.8 Å². The Balaban J connectivity index is 2.04. The SMILES string of the molecule is COCCCC(N)c1nc(-c2ccc(Cl)cc2)no1. The summed E-state index contributed by atoms with van der Waals surface area (Å²) in [7, 11) is 1.66. The maximum atomic E-state index is 5.98. The van der Waals surface area contributed by atoms with Crippen LogP contribution in [0.1, 0.15) is 24.8 Å². The number of benzene rings is 1. The average Bonchev–Trinajstić information content (AvgIpc) is 2.89. The fourth-order valence-corrected chi connectivity index (χ4v) is 1.80. The summed E-state index contributed by atoms with van der Waals surface area (Å²) in [5.41, 5.74) is 6.83. The molecule has 0 radical (unpaired) electrons. The van der Waals surface area contributed by atoms with Crippen molar-refractivity contribution >= 4 is 11.6 Å². The van der Waals surface area contributed by atoms with Crippen molar-refractivity contribution in [3.8, 4) is 11.4 Å². The first kappa shape index (κ1) is 14.0. The van der Waals surface area contributed by atoms with E-state index in [4.69, 9.17) is 26.6 Å². The molecule has 0 amide bonds. The Morgan fingerprint density at radius 2 is 2.11 bits per heavy atom. The van der Waals surface area contributed by atoms with Crippen molar-refractivity contribution in [2.75, 3.05) is 13.7 Å². The van der Waals surface area contributed by atoms with Crippen LogP contribution in [0.15, 0.2) is 28.8 Å². The van der Waals surface area contributed by atoms with Gasteiger partial charge in [0.15, 0.2) is 0 Å². The van der Waals surface area contributed by atoms with E-state index in [-0.39, 0.29) is 6.04 Å². The number of halogens is 1. The van der Waals surface area contributed by atoms with Gasteiger partial charge in [0.1, 0.15) is 0 Å². The molecule has 0 aliphatic carbocycles. The van der Waals surface area contributed by atoms with Gasteiger partial charge in [-0.3, -0.25) is 0 Å². The highest BCUT2D eigenvalue weighted by atomic mass is 35.5. The monoisotopic (exact) mass is 281 g/mol. The molecule has 0 saturated carbocycles. The van der Waals surface area contributed by atoms with Gasteiger partial charge in [-0.25, -0.2) is 0 Å². The summed E-state index contributed by atoms with van der Waals surface area (Å²) in [4.78, 5) is 4.30. The number of ether oxygens (including phenoxy) is 1. The molecule has 0 bridgehead atoms. The van der Waals surface area contributed by atoms with Crippen LogP contribution < -0.4 is 5.73 Å². The molecule has 2 rings (SSSR count). The first-order valence-corrected chi connectivity index (χ1v) is 6.42. The van der Waals surface area contributed by atoms with Crippen LogP contribution in [0.2, 0.25) is 5.02 Å². The van der Waals surface area contributed by atoms with Gasteiger partial charge in [0.05, 0.1) is 6.04 Å². The van der Waals surface area contributed by atoms with E-state index in [0.717, 1.165) is 18.4 Å². The van der Waals surface area contributed by atoms with Gasteiger partial charge in [0.25, 0.3) is 0 Å². The molecule has 1 atom stereocenters. The zero-order valence-electron chi connectivity index (χ0n) is 10.7. The van der Waals surface area contributed by atoms with Crippen LogP contribution in [0.25, 0.3) is 11.4 Å². The second kappa shape index (κ2) is 6.65. The quantitative estimate of drug-likeness (QED) is 0.824. The van der Waals surface area contributed by atoms with Crippen molar-refractivity contribution in [3.05, 3.63) is 35.2 Å². The van der Waals surface area contributed by atoms with Crippen molar-refractivity contribution in [2.24, 2.45) is 5.73 Å². The summed E-state index contributed by atoms with van der Waals surface area (Å²) in [6.45, 7) is 0.672. The highest BCUT2D eigenvalue weighted by Crippen LogP contribution is 2.21. The number of hydrogen-bond donors (Lipinski definition) is 1. The number of aromatic nitrogens is 2. The molecule has 6 heteroatoms. The van der Waals surface area contributed by atoms with E-state index in [1.165, 1.54) is 0 Å².